The van der Waals surface area contributed by atoms with Crippen LogP contribution in [0.1, 0.15) is 49.7 Å². The lowest BCUT2D eigenvalue weighted by atomic mass is 9.76. The number of benzene rings is 3. The summed E-state index contributed by atoms with van der Waals surface area (Å²) < 4.78 is 0. The molecule has 0 aromatic heterocycles. The number of nitrogens with zero attached hydrogens (tertiary/aromatic N) is 1. The summed E-state index contributed by atoms with van der Waals surface area (Å²) in [6, 6.07) is 22.5. The van der Waals surface area contributed by atoms with Crippen LogP contribution in [0.15, 0.2) is 78.0 Å². The highest BCUT2D eigenvalue weighted by Gasteiger charge is 2.40. The number of amides is 1. The van der Waals surface area contributed by atoms with Gasteiger partial charge in [-0.25, -0.2) is 0 Å². The number of allylic oxidation sites excluding steroid dienone is 2. The Bertz CT molecular complexity index is 1180. The zero-order valence-corrected chi connectivity index (χ0v) is 17.2. The van der Waals surface area contributed by atoms with Crippen LogP contribution in [-0.2, 0) is 16.0 Å². The van der Waals surface area contributed by atoms with Crippen molar-refractivity contribution < 1.29 is 9.59 Å². The molecule has 0 saturated heterocycles. The van der Waals surface area contributed by atoms with Crippen molar-refractivity contribution in [3.8, 4) is 0 Å². The number of Topliss-reactive ketones (excluding diaryl/α,β-unsaturated/α-hetero) is 1. The maximum atomic E-state index is 13.5. The third-order valence-corrected chi connectivity index (χ3v) is 6.49. The monoisotopic (exact) mass is 395 g/mol. The molecular weight excluding hydrogens is 370 g/mol. The van der Waals surface area contributed by atoms with Gasteiger partial charge in [-0.2, -0.15) is 0 Å². The third-order valence-electron chi connectivity index (χ3n) is 6.49. The largest absolute Gasteiger partial charge is 0.294 e. The van der Waals surface area contributed by atoms with E-state index in [9.17, 15) is 9.59 Å². The van der Waals surface area contributed by atoms with Gasteiger partial charge in [0.2, 0.25) is 5.91 Å². The molecule has 150 valence electrons. The predicted molar refractivity (Wildman–Crippen MR) is 120 cm³/mol. The lowest BCUT2D eigenvalue weighted by Crippen LogP contribution is -2.41. The summed E-state index contributed by atoms with van der Waals surface area (Å²) in [6.07, 6.45) is 3.32. The first-order valence-corrected chi connectivity index (χ1v) is 10.8. The molecule has 0 saturated carbocycles. The number of aryl methyl sites for hydroxylation is 1. The van der Waals surface area contributed by atoms with E-state index in [1.165, 1.54) is 0 Å². The fraction of sp³-hybridized carbons (Fsp3) is 0.259. The Morgan fingerprint density at radius 3 is 2.53 bits per heavy atom. The van der Waals surface area contributed by atoms with Crippen molar-refractivity contribution >= 4 is 28.2 Å². The lowest BCUT2D eigenvalue weighted by molar-refractivity contribution is -0.119. The SMILES string of the molecule is CCc1ccccc1N1C(=O)CC(c2cccc3ccccc23)C2=C1CCCC2=O. The highest BCUT2D eigenvalue weighted by atomic mass is 16.2. The molecule has 0 radical (unpaired) electrons. The summed E-state index contributed by atoms with van der Waals surface area (Å²) in [5.41, 5.74) is 4.93. The number of carbonyl (C=O) groups excluding carboxylic acids is 2. The number of para-hydroxylation sites is 1. The van der Waals surface area contributed by atoms with E-state index < -0.39 is 0 Å². The topological polar surface area (TPSA) is 37.4 Å². The smallest absolute Gasteiger partial charge is 0.232 e. The number of fused-ring (bicyclic) bond motifs is 1. The fourth-order valence-corrected chi connectivity index (χ4v) is 5.12. The van der Waals surface area contributed by atoms with Crippen LogP contribution in [0.4, 0.5) is 5.69 Å². The maximum absolute atomic E-state index is 13.5. The highest BCUT2D eigenvalue weighted by molar-refractivity contribution is 6.08. The molecule has 0 spiro atoms. The standard InChI is InChI=1S/C27H25NO2/c1-2-18-9-4-6-14-23(18)28-24-15-8-16-25(29)27(24)22(17-26(28)30)21-13-7-11-19-10-3-5-12-20(19)21/h3-7,9-14,22H,2,8,15-17H2,1H3. The van der Waals surface area contributed by atoms with Crippen LogP contribution in [0.3, 0.4) is 0 Å². The quantitative estimate of drug-likeness (QED) is 0.551. The minimum atomic E-state index is -0.170. The molecule has 1 aliphatic heterocycles. The van der Waals surface area contributed by atoms with Gasteiger partial charge in [0.05, 0.1) is 5.69 Å². The second kappa shape index (κ2) is 7.56. The maximum Gasteiger partial charge on any atom is 0.232 e. The van der Waals surface area contributed by atoms with Crippen molar-refractivity contribution in [3.05, 3.63) is 89.1 Å². The van der Waals surface area contributed by atoms with Crippen molar-refractivity contribution in [1.29, 1.82) is 0 Å². The first-order chi connectivity index (χ1) is 14.7. The van der Waals surface area contributed by atoms with Crippen molar-refractivity contribution in [2.45, 2.75) is 44.9 Å². The van der Waals surface area contributed by atoms with Gasteiger partial charge in [-0.05, 0) is 47.2 Å². The van der Waals surface area contributed by atoms with E-state index in [1.807, 2.05) is 41.3 Å². The van der Waals surface area contributed by atoms with Gasteiger partial charge in [-0.1, -0.05) is 67.6 Å². The van der Waals surface area contributed by atoms with Crippen LogP contribution in [0.5, 0.6) is 0 Å². The third kappa shape index (κ3) is 2.97. The molecule has 3 aromatic rings. The Hall–Kier alpha value is -3.20. The number of rotatable bonds is 3. The van der Waals surface area contributed by atoms with Gasteiger partial charge >= 0.3 is 0 Å². The molecule has 5 rings (SSSR count). The van der Waals surface area contributed by atoms with Gasteiger partial charge in [0.15, 0.2) is 5.78 Å². The van der Waals surface area contributed by atoms with Gasteiger partial charge in [-0.15, -0.1) is 0 Å². The summed E-state index contributed by atoms with van der Waals surface area (Å²) in [6.45, 7) is 2.10. The van der Waals surface area contributed by atoms with Gasteiger partial charge in [-0.3, -0.25) is 14.5 Å². The second-order valence-electron chi connectivity index (χ2n) is 8.17. The van der Waals surface area contributed by atoms with Gasteiger partial charge in [0, 0.05) is 30.0 Å². The average Bonchev–Trinajstić information content (AvgIpc) is 2.78. The van der Waals surface area contributed by atoms with E-state index in [-0.39, 0.29) is 17.6 Å². The van der Waals surface area contributed by atoms with Crippen LogP contribution in [0.25, 0.3) is 10.8 Å². The molecule has 0 fully saturated rings. The molecule has 3 aromatic carbocycles. The molecule has 3 heteroatoms. The first-order valence-electron chi connectivity index (χ1n) is 10.8. The predicted octanol–water partition coefficient (Wildman–Crippen LogP) is 5.93. The van der Waals surface area contributed by atoms with E-state index in [2.05, 4.69) is 37.3 Å². The summed E-state index contributed by atoms with van der Waals surface area (Å²) in [5.74, 6) is 0.111. The van der Waals surface area contributed by atoms with E-state index in [0.717, 1.165) is 58.1 Å². The molecule has 0 bridgehead atoms. The van der Waals surface area contributed by atoms with Crippen molar-refractivity contribution in [2.75, 3.05) is 4.90 Å². The molecule has 2 aliphatic rings. The highest BCUT2D eigenvalue weighted by Crippen LogP contribution is 2.45. The first kappa shape index (κ1) is 18.8. The molecule has 0 N–H and O–H groups in total. The van der Waals surface area contributed by atoms with E-state index in [4.69, 9.17) is 0 Å². The molecule has 3 nitrogen and oxygen atoms in total. The van der Waals surface area contributed by atoms with Crippen LogP contribution in [-0.4, -0.2) is 11.7 Å². The Balaban J connectivity index is 1.72. The number of anilines is 1. The molecule has 30 heavy (non-hydrogen) atoms. The minimum absolute atomic E-state index is 0.0854. The minimum Gasteiger partial charge on any atom is -0.294 e. The molecule has 1 aliphatic carbocycles. The van der Waals surface area contributed by atoms with E-state index in [1.54, 1.807) is 0 Å². The van der Waals surface area contributed by atoms with Crippen LogP contribution < -0.4 is 4.90 Å². The number of hydrogen-bond donors (Lipinski definition) is 0. The van der Waals surface area contributed by atoms with E-state index >= 15 is 0 Å². The zero-order valence-electron chi connectivity index (χ0n) is 17.2. The summed E-state index contributed by atoms with van der Waals surface area (Å²) >= 11 is 0. The Morgan fingerprint density at radius 1 is 0.900 bits per heavy atom. The molecular formula is C27H25NO2. The van der Waals surface area contributed by atoms with Crippen molar-refractivity contribution in [2.24, 2.45) is 0 Å². The van der Waals surface area contributed by atoms with Crippen LogP contribution >= 0.6 is 0 Å². The molecule has 1 amide bonds. The number of ketones is 1. The Kier molecular flexibility index (Phi) is 4.74. The van der Waals surface area contributed by atoms with Gasteiger partial charge in [0.1, 0.15) is 0 Å². The van der Waals surface area contributed by atoms with Crippen molar-refractivity contribution in [1.82, 2.24) is 0 Å². The summed E-state index contributed by atoms with van der Waals surface area (Å²) in [5, 5.41) is 2.28. The normalized spacial score (nSPS) is 19.4. The number of carbonyl (C=O) groups is 2. The van der Waals surface area contributed by atoms with Gasteiger partial charge in [0.25, 0.3) is 0 Å². The summed E-state index contributed by atoms with van der Waals surface area (Å²) in [7, 11) is 0. The zero-order chi connectivity index (χ0) is 20.7. The van der Waals surface area contributed by atoms with E-state index in [0.29, 0.717) is 12.8 Å². The van der Waals surface area contributed by atoms with Crippen molar-refractivity contribution in [3.63, 3.8) is 0 Å². The molecule has 1 atom stereocenters. The summed E-state index contributed by atoms with van der Waals surface area (Å²) in [4.78, 5) is 28.6. The molecule has 1 heterocycles. The van der Waals surface area contributed by atoms with Gasteiger partial charge < -0.3 is 0 Å². The lowest BCUT2D eigenvalue weighted by Gasteiger charge is -2.39. The second-order valence-corrected chi connectivity index (χ2v) is 8.17. The average molecular weight is 396 g/mol. The Morgan fingerprint density at radius 2 is 1.67 bits per heavy atom. The number of hydrogen-bond acceptors (Lipinski definition) is 2. The van der Waals surface area contributed by atoms with Crippen LogP contribution in [0, 0.1) is 0 Å². The molecule has 1 unspecified atom stereocenters. The van der Waals surface area contributed by atoms with Crippen LogP contribution in [0.2, 0.25) is 0 Å². The Labute approximate surface area is 177 Å². The fourth-order valence-electron chi connectivity index (χ4n) is 5.12.